The SMILES string of the molecule is O=C1NCCN(C(=O)c2cc(F)c(O)c(Cl)c2)[C@H]1c1ccccc1. The minimum absolute atomic E-state index is 0.0223. The summed E-state index contributed by atoms with van der Waals surface area (Å²) in [5, 5.41) is 11.9. The fourth-order valence-electron chi connectivity index (χ4n) is 2.71. The van der Waals surface area contributed by atoms with Gasteiger partial charge in [0.25, 0.3) is 5.91 Å². The minimum atomic E-state index is -0.983. The van der Waals surface area contributed by atoms with E-state index in [-0.39, 0.29) is 23.0 Å². The van der Waals surface area contributed by atoms with Crippen LogP contribution in [0.3, 0.4) is 0 Å². The third-order valence-corrected chi connectivity index (χ3v) is 4.14. The number of nitrogens with one attached hydrogen (secondary N) is 1. The molecule has 1 aliphatic heterocycles. The maximum Gasteiger partial charge on any atom is 0.255 e. The van der Waals surface area contributed by atoms with E-state index in [2.05, 4.69) is 5.32 Å². The van der Waals surface area contributed by atoms with E-state index in [1.807, 2.05) is 6.07 Å². The van der Waals surface area contributed by atoms with Crippen LogP contribution in [-0.2, 0) is 4.79 Å². The van der Waals surface area contributed by atoms with Crippen LogP contribution in [0.1, 0.15) is 22.0 Å². The molecule has 1 saturated heterocycles. The van der Waals surface area contributed by atoms with Crippen molar-refractivity contribution in [3.05, 3.63) is 64.4 Å². The third-order valence-electron chi connectivity index (χ3n) is 3.85. The first-order chi connectivity index (χ1) is 11.5. The van der Waals surface area contributed by atoms with E-state index in [1.165, 1.54) is 11.0 Å². The average Bonchev–Trinajstić information content (AvgIpc) is 2.59. The van der Waals surface area contributed by atoms with Gasteiger partial charge in [-0.2, -0.15) is 0 Å². The van der Waals surface area contributed by atoms with Crippen LogP contribution in [0.4, 0.5) is 4.39 Å². The summed E-state index contributed by atoms with van der Waals surface area (Å²) in [6.45, 7) is 0.590. The second-order valence-electron chi connectivity index (χ2n) is 5.39. The largest absolute Gasteiger partial charge is 0.504 e. The highest BCUT2D eigenvalue weighted by molar-refractivity contribution is 6.32. The van der Waals surface area contributed by atoms with Crippen molar-refractivity contribution in [2.75, 3.05) is 13.1 Å². The number of piperazine rings is 1. The molecule has 1 fully saturated rings. The van der Waals surface area contributed by atoms with E-state index in [9.17, 15) is 19.1 Å². The number of benzene rings is 2. The fourth-order valence-corrected chi connectivity index (χ4v) is 2.91. The maximum atomic E-state index is 13.7. The standard InChI is InChI=1S/C17H14ClFN2O3/c18-12-8-11(9-13(19)15(12)22)17(24)21-7-6-20-16(23)14(21)10-4-2-1-3-5-10/h1-5,8-9,14,22H,6-7H2,(H,20,23)/t14-/m0/s1. The Labute approximate surface area is 142 Å². The van der Waals surface area contributed by atoms with Crippen molar-refractivity contribution >= 4 is 23.4 Å². The van der Waals surface area contributed by atoms with Crippen LogP contribution in [0.25, 0.3) is 0 Å². The zero-order chi connectivity index (χ0) is 17.3. The Morgan fingerprint density at radius 2 is 2.00 bits per heavy atom. The van der Waals surface area contributed by atoms with Crippen LogP contribution in [0.15, 0.2) is 42.5 Å². The lowest BCUT2D eigenvalue weighted by atomic mass is 10.0. The number of aromatic hydroxyl groups is 1. The fraction of sp³-hybridized carbons (Fsp3) is 0.176. The van der Waals surface area contributed by atoms with E-state index >= 15 is 0 Å². The Balaban J connectivity index is 1.99. The van der Waals surface area contributed by atoms with Crippen molar-refractivity contribution in [2.45, 2.75) is 6.04 Å². The number of phenols is 1. The van der Waals surface area contributed by atoms with E-state index in [4.69, 9.17) is 11.6 Å². The van der Waals surface area contributed by atoms with Crippen LogP contribution < -0.4 is 5.32 Å². The lowest BCUT2D eigenvalue weighted by Gasteiger charge is -2.35. The van der Waals surface area contributed by atoms with Gasteiger partial charge >= 0.3 is 0 Å². The first-order valence-corrected chi connectivity index (χ1v) is 7.68. The van der Waals surface area contributed by atoms with E-state index < -0.39 is 23.5 Å². The number of phenolic OH excluding ortho intramolecular Hbond substituents is 1. The maximum absolute atomic E-state index is 13.7. The van der Waals surface area contributed by atoms with Crippen molar-refractivity contribution in [3.8, 4) is 5.75 Å². The molecule has 1 aliphatic rings. The molecule has 2 aromatic carbocycles. The van der Waals surface area contributed by atoms with Gasteiger partial charge in [0.1, 0.15) is 6.04 Å². The zero-order valence-corrected chi connectivity index (χ0v) is 13.3. The summed E-state index contributed by atoms with van der Waals surface area (Å²) in [4.78, 5) is 26.4. The number of carbonyl (C=O) groups is 2. The molecular formula is C17H14ClFN2O3. The van der Waals surface area contributed by atoms with Crippen molar-refractivity contribution < 1.29 is 19.1 Å². The lowest BCUT2D eigenvalue weighted by molar-refractivity contribution is -0.128. The highest BCUT2D eigenvalue weighted by atomic mass is 35.5. The Hall–Kier alpha value is -2.60. The van der Waals surface area contributed by atoms with Gasteiger partial charge < -0.3 is 15.3 Å². The van der Waals surface area contributed by atoms with E-state index in [1.54, 1.807) is 24.3 Å². The molecule has 5 nitrogen and oxygen atoms in total. The predicted octanol–water partition coefficient (Wildman–Crippen LogP) is 2.50. The monoisotopic (exact) mass is 348 g/mol. The van der Waals surface area contributed by atoms with E-state index in [0.717, 1.165) is 6.07 Å². The number of halogens is 2. The number of rotatable bonds is 2. The topological polar surface area (TPSA) is 69.6 Å². The second kappa shape index (κ2) is 6.49. The third kappa shape index (κ3) is 2.92. The normalized spacial score (nSPS) is 17.5. The van der Waals surface area contributed by atoms with Crippen molar-refractivity contribution in [3.63, 3.8) is 0 Å². The number of nitrogens with zero attached hydrogens (tertiary/aromatic N) is 1. The quantitative estimate of drug-likeness (QED) is 0.876. The molecule has 24 heavy (non-hydrogen) atoms. The molecule has 3 rings (SSSR count). The molecule has 124 valence electrons. The number of amides is 2. The molecule has 0 saturated carbocycles. The van der Waals surface area contributed by atoms with Gasteiger partial charge in [0.2, 0.25) is 5.91 Å². The van der Waals surface area contributed by atoms with Crippen LogP contribution >= 0.6 is 11.6 Å². The highest BCUT2D eigenvalue weighted by Crippen LogP contribution is 2.30. The van der Waals surface area contributed by atoms with Crippen molar-refractivity contribution in [1.82, 2.24) is 10.2 Å². The molecule has 0 bridgehead atoms. The molecule has 0 spiro atoms. The molecule has 1 atom stereocenters. The Morgan fingerprint density at radius 3 is 2.67 bits per heavy atom. The van der Waals surface area contributed by atoms with Gasteiger partial charge in [0.05, 0.1) is 5.02 Å². The van der Waals surface area contributed by atoms with Gasteiger partial charge in [0, 0.05) is 18.7 Å². The van der Waals surface area contributed by atoms with Crippen LogP contribution in [-0.4, -0.2) is 34.9 Å². The summed E-state index contributed by atoms with van der Waals surface area (Å²) in [6.07, 6.45) is 0. The van der Waals surface area contributed by atoms with Crippen molar-refractivity contribution in [2.24, 2.45) is 0 Å². The number of carbonyl (C=O) groups excluding carboxylic acids is 2. The van der Waals surface area contributed by atoms with Gasteiger partial charge in [-0.05, 0) is 17.7 Å². The average molecular weight is 349 g/mol. The molecular weight excluding hydrogens is 335 g/mol. The van der Waals surface area contributed by atoms with E-state index in [0.29, 0.717) is 12.1 Å². The molecule has 1 heterocycles. The van der Waals surface area contributed by atoms with Gasteiger partial charge in [0.15, 0.2) is 11.6 Å². The number of hydrogen-bond acceptors (Lipinski definition) is 3. The molecule has 0 radical (unpaired) electrons. The first kappa shape index (κ1) is 16.3. The van der Waals surface area contributed by atoms with Gasteiger partial charge in [-0.1, -0.05) is 41.9 Å². The molecule has 7 heteroatoms. The molecule has 0 aliphatic carbocycles. The summed E-state index contributed by atoms with van der Waals surface area (Å²) in [5.74, 6) is -2.52. The van der Waals surface area contributed by atoms with Gasteiger partial charge in [-0.3, -0.25) is 9.59 Å². The number of hydrogen-bond donors (Lipinski definition) is 2. The Bertz CT molecular complexity index is 775. The van der Waals surface area contributed by atoms with Gasteiger partial charge in [-0.15, -0.1) is 0 Å². The first-order valence-electron chi connectivity index (χ1n) is 7.30. The molecule has 2 aromatic rings. The second-order valence-corrected chi connectivity index (χ2v) is 5.80. The summed E-state index contributed by atoms with van der Waals surface area (Å²) < 4.78 is 13.7. The lowest BCUT2D eigenvalue weighted by Crippen LogP contribution is -2.52. The Kier molecular flexibility index (Phi) is 4.40. The summed E-state index contributed by atoms with van der Waals surface area (Å²) in [5.41, 5.74) is 0.638. The van der Waals surface area contributed by atoms with Crippen LogP contribution in [0.2, 0.25) is 5.02 Å². The van der Waals surface area contributed by atoms with Crippen molar-refractivity contribution in [1.29, 1.82) is 0 Å². The summed E-state index contributed by atoms with van der Waals surface area (Å²) in [7, 11) is 0. The Morgan fingerprint density at radius 1 is 1.29 bits per heavy atom. The molecule has 2 N–H and O–H groups in total. The van der Waals surface area contributed by atoms with Crippen LogP contribution in [0, 0.1) is 5.82 Å². The van der Waals surface area contributed by atoms with Gasteiger partial charge in [-0.25, -0.2) is 4.39 Å². The minimum Gasteiger partial charge on any atom is -0.504 e. The van der Waals surface area contributed by atoms with Crippen LogP contribution in [0.5, 0.6) is 5.75 Å². The smallest absolute Gasteiger partial charge is 0.255 e. The summed E-state index contributed by atoms with van der Waals surface area (Å²) >= 11 is 5.74. The molecule has 2 amide bonds. The zero-order valence-electron chi connectivity index (χ0n) is 12.5. The summed E-state index contributed by atoms with van der Waals surface area (Å²) in [6, 6.07) is 10.2. The molecule has 0 aromatic heterocycles. The molecule has 0 unspecified atom stereocenters. The highest BCUT2D eigenvalue weighted by Gasteiger charge is 2.35. The predicted molar refractivity (Wildman–Crippen MR) is 86.3 cm³/mol.